The van der Waals surface area contributed by atoms with E-state index in [0.717, 1.165) is 50.0 Å². The van der Waals surface area contributed by atoms with Crippen molar-refractivity contribution >= 4 is 0 Å². The van der Waals surface area contributed by atoms with Crippen molar-refractivity contribution in [3.05, 3.63) is 53.6 Å². The van der Waals surface area contributed by atoms with Crippen molar-refractivity contribution in [2.45, 2.75) is 57.6 Å². The summed E-state index contributed by atoms with van der Waals surface area (Å²) in [5, 5.41) is 11.3. The van der Waals surface area contributed by atoms with Crippen LogP contribution < -0.4 is 0 Å². The zero-order valence-corrected chi connectivity index (χ0v) is 12.8. The number of aromatic nitrogens is 2. The van der Waals surface area contributed by atoms with Crippen molar-refractivity contribution in [2.24, 2.45) is 0 Å². The van der Waals surface area contributed by atoms with Gasteiger partial charge in [-0.2, -0.15) is 0 Å². The number of imidazole rings is 1. The molecule has 21 heavy (non-hydrogen) atoms. The number of hydrogen-bond acceptors (Lipinski definition) is 2. The average molecular weight is 284 g/mol. The summed E-state index contributed by atoms with van der Waals surface area (Å²) in [7, 11) is 0. The summed E-state index contributed by atoms with van der Waals surface area (Å²) in [6, 6.07) is 8.36. The molecule has 0 saturated carbocycles. The molecule has 2 aromatic rings. The molecule has 0 amide bonds. The molecule has 3 heteroatoms. The fraction of sp³-hybridized carbons (Fsp3) is 0.500. The van der Waals surface area contributed by atoms with Crippen LogP contribution >= 0.6 is 0 Å². The van der Waals surface area contributed by atoms with Gasteiger partial charge in [0.2, 0.25) is 0 Å². The molecule has 3 nitrogen and oxygen atoms in total. The maximum Gasteiger partial charge on any atom is 0.111 e. The van der Waals surface area contributed by atoms with Crippen LogP contribution in [-0.2, 0) is 25.0 Å². The lowest BCUT2D eigenvalue weighted by Crippen LogP contribution is -2.30. The number of hydrogen-bond donors (Lipinski definition) is 1. The molecule has 3 rings (SSSR count). The fourth-order valence-electron chi connectivity index (χ4n) is 3.46. The molecule has 0 spiro atoms. The van der Waals surface area contributed by atoms with Gasteiger partial charge in [0.05, 0.1) is 5.60 Å². The Morgan fingerprint density at radius 2 is 2.14 bits per heavy atom. The van der Waals surface area contributed by atoms with Crippen LogP contribution in [0.3, 0.4) is 0 Å². The molecule has 0 fully saturated rings. The first-order valence-corrected chi connectivity index (χ1v) is 8.04. The molecule has 1 aromatic heterocycles. The highest BCUT2D eigenvalue weighted by atomic mass is 16.3. The van der Waals surface area contributed by atoms with Crippen LogP contribution in [0.5, 0.6) is 0 Å². The lowest BCUT2D eigenvalue weighted by atomic mass is 9.85. The average Bonchev–Trinajstić information content (AvgIpc) is 2.84. The fourth-order valence-corrected chi connectivity index (χ4v) is 3.46. The molecule has 1 aliphatic carbocycles. The van der Waals surface area contributed by atoms with Gasteiger partial charge in [0.25, 0.3) is 0 Å². The minimum atomic E-state index is -0.774. The monoisotopic (exact) mass is 284 g/mol. The second-order valence-corrected chi connectivity index (χ2v) is 6.11. The normalized spacial score (nSPS) is 21.8. The number of benzene rings is 1. The summed E-state index contributed by atoms with van der Waals surface area (Å²) >= 11 is 0. The van der Waals surface area contributed by atoms with E-state index in [1.54, 1.807) is 0 Å². The molecule has 112 valence electrons. The Bertz CT molecular complexity index is 605. The Hall–Kier alpha value is -1.61. The lowest BCUT2D eigenvalue weighted by Gasteiger charge is -2.29. The van der Waals surface area contributed by atoms with Crippen LogP contribution in [0.15, 0.2) is 36.7 Å². The minimum absolute atomic E-state index is 0.608. The second kappa shape index (κ2) is 6.02. The predicted octanol–water partition coefficient (Wildman–Crippen LogP) is 3.45. The highest BCUT2D eigenvalue weighted by Crippen LogP contribution is 2.36. The van der Waals surface area contributed by atoms with E-state index in [2.05, 4.69) is 34.7 Å². The van der Waals surface area contributed by atoms with Crippen LogP contribution in [0.1, 0.15) is 49.6 Å². The van der Waals surface area contributed by atoms with Gasteiger partial charge in [0.1, 0.15) is 5.82 Å². The van der Waals surface area contributed by atoms with Gasteiger partial charge in [-0.15, -0.1) is 0 Å². The summed E-state index contributed by atoms with van der Waals surface area (Å²) in [6.45, 7) is 3.13. The summed E-state index contributed by atoms with van der Waals surface area (Å²) in [4.78, 5) is 4.48. The number of rotatable bonds is 4. The third-order valence-electron chi connectivity index (χ3n) is 4.52. The first-order chi connectivity index (χ1) is 10.2. The van der Waals surface area contributed by atoms with Crippen LogP contribution in [0.2, 0.25) is 0 Å². The standard InChI is InChI=1S/C18H24N2O/c1-2-12-20-13-11-19-17(20)14-18(21)10-6-5-8-15-7-3-4-9-16(15)18/h3-4,7,9,11,13,21H,2,5-6,8,10,12,14H2,1H3. The van der Waals surface area contributed by atoms with E-state index >= 15 is 0 Å². The Balaban J connectivity index is 1.94. The van der Waals surface area contributed by atoms with Crippen molar-refractivity contribution in [3.8, 4) is 0 Å². The summed E-state index contributed by atoms with van der Waals surface area (Å²) in [5.41, 5.74) is 1.63. The Labute approximate surface area is 126 Å². The number of aryl methyl sites for hydroxylation is 2. The van der Waals surface area contributed by atoms with Crippen LogP contribution in [0.4, 0.5) is 0 Å². The summed E-state index contributed by atoms with van der Waals surface area (Å²) < 4.78 is 2.17. The molecule has 1 atom stereocenters. The van der Waals surface area contributed by atoms with Gasteiger partial charge in [-0.3, -0.25) is 0 Å². The lowest BCUT2D eigenvalue weighted by molar-refractivity contribution is 0.0244. The molecule has 0 saturated heterocycles. The van der Waals surface area contributed by atoms with Crippen molar-refractivity contribution in [1.82, 2.24) is 9.55 Å². The largest absolute Gasteiger partial charge is 0.385 e. The van der Waals surface area contributed by atoms with Crippen molar-refractivity contribution in [1.29, 1.82) is 0 Å². The molecule has 0 bridgehead atoms. The van der Waals surface area contributed by atoms with Crippen molar-refractivity contribution in [2.75, 3.05) is 0 Å². The molecule has 1 aromatic carbocycles. The third-order valence-corrected chi connectivity index (χ3v) is 4.52. The summed E-state index contributed by atoms with van der Waals surface area (Å²) in [5.74, 6) is 0.996. The molecule has 1 heterocycles. The van der Waals surface area contributed by atoms with Crippen molar-refractivity contribution in [3.63, 3.8) is 0 Å². The van der Waals surface area contributed by atoms with Gasteiger partial charge in [-0.1, -0.05) is 31.2 Å². The third kappa shape index (κ3) is 2.88. The highest BCUT2D eigenvalue weighted by molar-refractivity contribution is 5.34. The SMILES string of the molecule is CCCn1ccnc1CC1(O)CCCCc2ccccc21. The van der Waals surface area contributed by atoms with E-state index in [0.29, 0.717) is 6.42 Å². The Kier molecular flexibility index (Phi) is 4.11. The zero-order valence-electron chi connectivity index (χ0n) is 12.8. The number of fused-ring (bicyclic) bond motifs is 1. The van der Waals surface area contributed by atoms with E-state index in [1.165, 1.54) is 5.56 Å². The van der Waals surface area contributed by atoms with Gasteiger partial charge < -0.3 is 9.67 Å². The topological polar surface area (TPSA) is 38.0 Å². The molecule has 0 aliphatic heterocycles. The van der Waals surface area contributed by atoms with Crippen LogP contribution in [0.25, 0.3) is 0 Å². The van der Waals surface area contributed by atoms with Crippen LogP contribution in [-0.4, -0.2) is 14.7 Å². The molecule has 1 unspecified atom stereocenters. The summed E-state index contributed by atoms with van der Waals surface area (Å²) in [6.07, 6.45) is 9.67. The molecular weight excluding hydrogens is 260 g/mol. The number of aliphatic hydroxyl groups is 1. The van der Waals surface area contributed by atoms with Gasteiger partial charge in [0.15, 0.2) is 0 Å². The highest BCUT2D eigenvalue weighted by Gasteiger charge is 2.34. The van der Waals surface area contributed by atoms with E-state index in [1.807, 2.05) is 18.5 Å². The predicted molar refractivity (Wildman–Crippen MR) is 84.1 cm³/mol. The van der Waals surface area contributed by atoms with Crippen LogP contribution in [0, 0.1) is 0 Å². The second-order valence-electron chi connectivity index (χ2n) is 6.11. The maximum absolute atomic E-state index is 11.3. The maximum atomic E-state index is 11.3. The van der Waals surface area contributed by atoms with E-state index in [9.17, 15) is 5.11 Å². The zero-order chi connectivity index (χ0) is 14.7. The van der Waals surface area contributed by atoms with E-state index < -0.39 is 5.60 Å². The number of nitrogens with zero attached hydrogens (tertiary/aromatic N) is 2. The van der Waals surface area contributed by atoms with Gasteiger partial charge in [0, 0.05) is 25.4 Å². The van der Waals surface area contributed by atoms with Gasteiger partial charge >= 0.3 is 0 Å². The Morgan fingerprint density at radius 1 is 1.29 bits per heavy atom. The molecule has 0 radical (unpaired) electrons. The van der Waals surface area contributed by atoms with Gasteiger partial charge in [-0.05, 0) is 43.2 Å². The quantitative estimate of drug-likeness (QED) is 0.873. The molecule has 1 aliphatic rings. The molecular formula is C18H24N2O. The molecule has 1 N–H and O–H groups in total. The van der Waals surface area contributed by atoms with E-state index in [4.69, 9.17) is 0 Å². The van der Waals surface area contributed by atoms with E-state index in [-0.39, 0.29) is 0 Å². The van der Waals surface area contributed by atoms with Crippen molar-refractivity contribution < 1.29 is 5.11 Å². The smallest absolute Gasteiger partial charge is 0.111 e. The minimum Gasteiger partial charge on any atom is -0.385 e. The first kappa shape index (κ1) is 14.3. The first-order valence-electron chi connectivity index (χ1n) is 8.04. The Morgan fingerprint density at radius 3 is 3.00 bits per heavy atom. The van der Waals surface area contributed by atoms with Gasteiger partial charge in [-0.25, -0.2) is 4.98 Å².